The van der Waals surface area contributed by atoms with E-state index in [1.165, 1.54) is 6.07 Å². The SMILES string of the molecule is O=C(OCc1nc(-c2ccc(Cl)cc2)no1)c1ccccc1C(=O)c1ccc2c(c1)OCCO2. The summed E-state index contributed by atoms with van der Waals surface area (Å²) in [5.41, 5.74) is 1.41. The first-order chi connectivity index (χ1) is 16.6. The third-order valence-electron chi connectivity index (χ3n) is 5.09. The van der Waals surface area contributed by atoms with Crippen LogP contribution in [0, 0.1) is 0 Å². The normalized spacial score (nSPS) is 12.3. The van der Waals surface area contributed by atoms with E-state index in [2.05, 4.69) is 10.1 Å². The molecule has 8 nitrogen and oxygen atoms in total. The topological polar surface area (TPSA) is 101 Å². The van der Waals surface area contributed by atoms with Crippen molar-refractivity contribution in [1.82, 2.24) is 10.1 Å². The van der Waals surface area contributed by atoms with Crippen molar-refractivity contribution < 1.29 is 28.3 Å². The standard InChI is InChI=1S/C25H17ClN2O6/c26-17-8-5-15(6-9-17)24-27-22(34-28-24)14-33-25(30)19-4-2-1-3-18(19)23(29)16-7-10-20-21(13-16)32-12-11-31-20/h1-10,13H,11-12,14H2. The molecule has 9 heteroatoms. The maximum absolute atomic E-state index is 13.2. The highest BCUT2D eigenvalue weighted by Gasteiger charge is 2.22. The van der Waals surface area contributed by atoms with Crippen molar-refractivity contribution in [2.24, 2.45) is 0 Å². The Kier molecular flexibility index (Phi) is 5.97. The van der Waals surface area contributed by atoms with Gasteiger partial charge in [0.15, 0.2) is 23.9 Å². The summed E-state index contributed by atoms with van der Waals surface area (Å²) >= 11 is 5.90. The molecule has 3 aromatic carbocycles. The molecule has 0 atom stereocenters. The predicted octanol–water partition coefficient (Wildman–Crippen LogP) is 4.75. The van der Waals surface area contributed by atoms with E-state index in [9.17, 15) is 9.59 Å². The van der Waals surface area contributed by atoms with Crippen molar-refractivity contribution in [3.63, 3.8) is 0 Å². The maximum Gasteiger partial charge on any atom is 0.339 e. The minimum atomic E-state index is -0.687. The van der Waals surface area contributed by atoms with Gasteiger partial charge in [0.2, 0.25) is 5.82 Å². The Labute approximate surface area is 199 Å². The molecule has 0 radical (unpaired) electrons. The average Bonchev–Trinajstić information content (AvgIpc) is 3.36. The fraction of sp³-hybridized carbons (Fsp3) is 0.120. The Bertz CT molecular complexity index is 1370. The van der Waals surface area contributed by atoms with Gasteiger partial charge in [-0.3, -0.25) is 4.79 Å². The lowest BCUT2D eigenvalue weighted by molar-refractivity contribution is 0.0427. The number of ketones is 1. The highest BCUT2D eigenvalue weighted by atomic mass is 35.5. The zero-order valence-electron chi connectivity index (χ0n) is 17.7. The number of carbonyl (C=O) groups excluding carboxylic acids is 2. The predicted molar refractivity (Wildman–Crippen MR) is 121 cm³/mol. The molecule has 1 aromatic heterocycles. The Balaban J connectivity index is 1.31. The quantitative estimate of drug-likeness (QED) is 0.290. The minimum Gasteiger partial charge on any atom is -0.486 e. The van der Waals surface area contributed by atoms with E-state index in [1.807, 2.05) is 0 Å². The van der Waals surface area contributed by atoms with Crippen LogP contribution in [0.5, 0.6) is 11.5 Å². The molecule has 0 saturated carbocycles. The maximum atomic E-state index is 13.2. The lowest BCUT2D eigenvalue weighted by atomic mass is 9.98. The smallest absolute Gasteiger partial charge is 0.339 e. The van der Waals surface area contributed by atoms with E-state index >= 15 is 0 Å². The van der Waals surface area contributed by atoms with Crippen LogP contribution in [-0.4, -0.2) is 35.1 Å². The molecule has 0 spiro atoms. The van der Waals surface area contributed by atoms with Gasteiger partial charge in [-0.1, -0.05) is 35.0 Å². The average molecular weight is 477 g/mol. The summed E-state index contributed by atoms with van der Waals surface area (Å²) in [5, 5.41) is 4.48. The molecule has 0 N–H and O–H groups in total. The van der Waals surface area contributed by atoms with Crippen molar-refractivity contribution in [3.05, 3.63) is 94.3 Å². The third kappa shape index (κ3) is 4.49. The summed E-state index contributed by atoms with van der Waals surface area (Å²) in [5.74, 6) is 0.504. The van der Waals surface area contributed by atoms with E-state index in [0.717, 1.165) is 0 Å². The van der Waals surface area contributed by atoms with Crippen LogP contribution in [0.3, 0.4) is 0 Å². The first kappa shape index (κ1) is 21.7. The van der Waals surface area contributed by atoms with Crippen LogP contribution in [0.4, 0.5) is 0 Å². The molecular weight excluding hydrogens is 460 g/mol. The highest BCUT2D eigenvalue weighted by molar-refractivity contribution is 6.30. The van der Waals surface area contributed by atoms with Gasteiger partial charge in [-0.05, 0) is 48.5 Å². The number of nitrogens with zero attached hydrogens (tertiary/aromatic N) is 2. The van der Waals surface area contributed by atoms with Gasteiger partial charge in [-0.25, -0.2) is 4.79 Å². The van der Waals surface area contributed by atoms with Crippen LogP contribution >= 0.6 is 11.6 Å². The molecule has 170 valence electrons. The molecule has 1 aliphatic rings. The fourth-order valence-corrected chi connectivity index (χ4v) is 3.56. The number of hydrogen-bond acceptors (Lipinski definition) is 8. The number of aromatic nitrogens is 2. The summed E-state index contributed by atoms with van der Waals surface area (Å²) in [6.45, 7) is 0.616. The highest BCUT2D eigenvalue weighted by Crippen LogP contribution is 2.32. The zero-order chi connectivity index (χ0) is 23.5. The molecule has 4 aromatic rings. The molecule has 0 fully saturated rings. The summed E-state index contributed by atoms with van der Waals surface area (Å²) in [7, 11) is 0. The van der Waals surface area contributed by atoms with Crippen LogP contribution in [0.15, 0.2) is 71.3 Å². The molecule has 0 saturated heterocycles. The molecular formula is C25H17ClN2O6. The van der Waals surface area contributed by atoms with Gasteiger partial charge in [0.1, 0.15) is 13.2 Å². The largest absolute Gasteiger partial charge is 0.486 e. The molecule has 2 heterocycles. The van der Waals surface area contributed by atoms with Crippen molar-refractivity contribution in [2.45, 2.75) is 6.61 Å². The first-order valence-corrected chi connectivity index (χ1v) is 10.8. The lowest BCUT2D eigenvalue weighted by Crippen LogP contribution is -2.16. The number of hydrogen-bond donors (Lipinski definition) is 0. The van der Waals surface area contributed by atoms with E-state index in [0.29, 0.717) is 46.7 Å². The van der Waals surface area contributed by atoms with E-state index < -0.39 is 5.97 Å². The van der Waals surface area contributed by atoms with Gasteiger partial charge in [-0.2, -0.15) is 4.98 Å². The van der Waals surface area contributed by atoms with E-state index in [1.54, 1.807) is 60.7 Å². The minimum absolute atomic E-state index is 0.119. The Morgan fingerprint density at radius 2 is 1.65 bits per heavy atom. The molecule has 1 aliphatic heterocycles. The molecule has 0 aliphatic carbocycles. The monoisotopic (exact) mass is 476 g/mol. The second-order valence-electron chi connectivity index (χ2n) is 7.33. The second-order valence-corrected chi connectivity index (χ2v) is 7.76. The fourth-order valence-electron chi connectivity index (χ4n) is 3.43. The van der Waals surface area contributed by atoms with Crippen LogP contribution in [-0.2, 0) is 11.3 Å². The second kappa shape index (κ2) is 9.36. The molecule has 5 rings (SSSR count). The van der Waals surface area contributed by atoms with Crippen LogP contribution in [0.1, 0.15) is 32.2 Å². The number of fused-ring (bicyclic) bond motifs is 1. The summed E-state index contributed by atoms with van der Waals surface area (Å²) in [6, 6.07) is 18.3. The lowest BCUT2D eigenvalue weighted by Gasteiger charge is -2.18. The van der Waals surface area contributed by atoms with Crippen LogP contribution in [0.2, 0.25) is 5.02 Å². The van der Waals surface area contributed by atoms with Crippen molar-refractivity contribution in [2.75, 3.05) is 13.2 Å². The number of ether oxygens (including phenoxy) is 3. The number of carbonyl (C=O) groups is 2. The van der Waals surface area contributed by atoms with Gasteiger partial charge < -0.3 is 18.7 Å². The van der Waals surface area contributed by atoms with Crippen molar-refractivity contribution >= 4 is 23.4 Å². The van der Waals surface area contributed by atoms with Crippen LogP contribution in [0.25, 0.3) is 11.4 Å². The van der Waals surface area contributed by atoms with Gasteiger partial charge in [0, 0.05) is 21.7 Å². The Morgan fingerprint density at radius 3 is 2.44 bits per heavy atom. The molecule has 0 unspecified atom stereocenters. The van der Waals surface area contributed by atoms with Crippen molar-refractivity contribution in [1.29, 1.82) is 0 Å². The van der Waals surface area contributed by atoms with Gasteiger partial charge >= 0.3 is 5.97 Å². The molecule has 0 bridgehead atoms. The third-order valence-corrected chi connectivity index (χ3v) is 5.35. The van der Waals surface area contributed by atoms with Crippen molar-refractivity contribution in [3.8, 4) is 22.9 Å². The Morgan fingerprint density at radius 1 is 0.912 bits per heavy atom. The molecule has 0 amide bonds. The van der Waals surface area contributed by atoms with Gasteiger partial charge in [-0.15, -0.1) is 0 Å². The zero-order valence-corrected chi connectivity index (χ0v) is 18.4. The van der Waals surface area contributed by atoms with Gasteiger partial charge in [0.25, 0.3) is 5.89 Å². The Hall–Kier alpha value is -4.17. The number of rotatable bonds is 6. The number of esters is 1. The van der Waals surface area contributed by atoms with Gasteiger partial charge in [0.05, 0.1) is 5.56 Å². The first-order valence-electron chi connectivity index (χ1n) is 10.4. The number of benzene rings is 3. The van der Waals surface area contributed by atoms with E-state index in [4.69, 9.17) is 30.3 Å². The van der Waals surface area contributed by atoms with E-state index in [-0.39, 0.29) is 29.4 Å². The van der Waals surface area contributed by atoms with Crippen LogP contribution < -0.4 is 9.47 Å². The summed E-state index contributed by atoms with van der Waals surface area (Å²) in [6.07, 6.45) is 0. The summed E-state index contributed by atoms with van der Waals surface area (Å²) < 4.78 is 21.6. The number of halogens is 1. The molecule has 34 heavy (non-hydrogen) atoms. The summed E-state index contributed by atoms with van der Waals surface area (Å²) in [4.78, 5) is 30.2.